The summed E-state index contributed by atoms with van der Waals surface area (Å²) in [5.41, 5.74) is 6.65. The molecule has 0 unspecified atom stereocenters. The van der Waals surface area contributed by atoms with Crippen molar-refractivity contribution in [1.82, 2.24) is 0 Å². The van der Waals surface area contributed by atoms with Gasteiger partial charge in [0.2, 0.25) is 0 Å². The van der Waals surface area contributed by atoms with E-state index in [4.69, 9.17) is 22.1 Å². The molecule has 5 heteroatoms. The molecule has 112 valence electrons. The van der Waals surface area contributed by atoms with Crippen molar-refractivity contribution in [1.29, 1.82) is 0 Å². The first-order chi connectivity index (χ1) is 8.96. The minimum atomic E-state index is -0.538. The third kappa shape index (κ3) is 6.26. The van der Waals surface area contributed by atoms with Gasteiger partial charge in [0, 0.05) is 16.2 Å². The van der Waals surface area contributed by atoms with Crippen LogP contribution in [0, 0.1) is 0 Å². The quantitative estimate of drug-likeness (QED) is 0.887. The molecular formula is C15H23ClN2O2. The maximum absolute atomic E-state index is 11.8. The van der Waals surface area contributed by atoms with Crippen LogP contribution in [0.1, 0.15) is 40.2 Å². The van der Waals surface area contributed by atoms with Crippen LogP contribution in [0.4, 0.5) is 10.5 Å². The highest BCUT2D eigenvalue weighted by Gasteiger charge is 2.19. The first-order valence-corrected chi connectivity index (χ1v) is 6.91. The maximum Gasteiger partial charge on any atom is 0.412 e. The molecule has 0 aromatic heterocycles. The van der Waals surface area contributed by atoms with E-state index >= 15 is 0 Å². The van der Waals surface area contributed by atoms with Gasteiger partial charge in [0.05, 0.1) is 0 Å². The molecule has 20 heavy (non-hydrogen) atoms. The molecule has 0 saturated heterocycles. The zero-order valence-corrected chi connectivity index (χ0v) is 13.5. The lowest BCUT2D eigenvalue weighted by atomic mass is 9.95. The van der Waals surface area contributed by atoms with E-state index in [2.05, 4.69) is 5.32 Å². The lowest BCUT2D eigenvalue weighted by Gasteiger charge is -2.23. The molecule has 0 saturated carbocycles. The van der Waals surface area contributed by atoms with E-state index in [9.17, 15) is 4.79 Å². The summed E-state index contributed by atoms with van der Waals surface area (Å²) in [6.07, 6.45) is 0.106. The van der Waals surface area contributed by atoms with Crippen LogP contribution in [0.25, 0.3) is 0 Å². The van der Waals surface area contributed by atoms with E-state index in [1.165, 1.54) is 0 Å². The van der Waals surface area contributed by atoms with Crippen LogP contribution >= 0.6 is 11.6 Å². The standard InChI is InChI=1S/C15H23ClN2O2/c1-14(2,3)20-13(19)18-12-7-6-11(16)8-10(12)9-15(4,5)17/h6-8H,9,17H2,1-5H3,(H,18,19). The molecule has 1 aromatic rings. The third-order valence-corrected chi connectivity index (χ3v) is 2.58. The molecule has 1 amide bonds. The van der Waals surface area contributed by atoms with E-state index in [0.29, 0.717) is 17.1 Å². The van der Waals surface area contributed by atoms with Gasteiger partial charge in [-0.3, -0.25) is 5.32 Å². The first-order valence-electron chi connectivity index (χ1n) is 6.54. The number of halogens is 1. The minimum absolute atomic E-state index is 0.394. The number of ether oxygens (including phenoxy) is 1. The first kappa shape index (κ1) is 16.8. The van der Waals surface area contributed by atoms with Crippen LogP contribution in [-0.4, -0.2) is 17.2 Å². The molecule has 1 rings (SSSR count). The monoisotopic (exact) mass is 298 g/mol. The van der Waals surface area contributed by atoms with Crippen molar-refractivity contribution in [3.8, 4) is 0 Å². The van der Waals surface area contributed by atoms with E-state index in [1.807, 2.05) is 40.7 Å². The lowest BCUT2D eigenvalue weighted by molar-refractivity contribution is 0.0635. The highest BCUT2D eigenvalue weighted by Crippen LogP contribution is 2.24. The predicted molar refractivity (Wildman–Crippen MR) is 83.3 cm³/mol. The number of amides is 1. The fraction of sp³-hybridized carbons (Fsp3) is 0.533. The minimum Gasteiger partial charge on any atom is -0.444 e. The van der Waals surface area contributed by atoms with Crippen molar-refractivity contribution >= 4 is 23.4 Å². The van der Waals surface area contributed by atoms with Crippen LogP contribution in [0.5, 0.6) is 0 Å². The number of nitrogens with one attached hydrogen (secondary N) is 1. The number of benzene rings is 1. The smallest absolute Gasteiger partial charge is 0.412 e. The molecule has 0 radical (unpaired) electrons. The highest BCUT2D eigenvalue weighted by molar-refractivity contribution is 6.30. The summed E-state index contributed by atoms with van der Waals surface area (Å²) in [7, 11) is 0. The molecule has 0 aliphatic rings. The topological polar surface area (TPSA) is 64.3 Å². The Morgan fingerprint density at radius 2 is 1.90 bits per heavy atom. The van der Waals surface area contributed by atoms with Gasteiger partial charge in [-0.1, -0.05) is 11.6 Å². The Bertz CT molecular complexity index is 488. The van der Waals surface area contributed by atoms with Gasteiger partial charge in [-0.25, -0.2) is 4.79 Å². The fourth-order valence-electron chi connectivity index (χ4n) is 1.73. The second-order valence-corrected chi connectivity index (χ2v) is 7.03. The Morgan fingerprint density at radius 3 is 2.40 bits per heavy atom. The average Bonchev–Trinajstić information content (AvgIpc) is 2.17. The Kier molecular flexibility index (Phi) is 5.05. The van der Waals surface area contributed by atoms with E-state index < -0.39 is 17.2 Å². The van der Waals surface area contributed by atoms with Gasteiger partial charge in [-0.2, -0.15) is 0 Å². The Balaban J connectivity index is 2.92. The van der Waals surface area contributed by atoms with Crippen molar-refractivity contribution in [2.45, 2.75) is 52.2 Å². The van der Waals surface area contributed by atoms with Gasteiger partial charge < -0.3 is 10.5 Å². The number of rotatable bonds is 3. The Hall–Kier alpha value is -1.26. The van der Waals surface area contributed by atoms with Gasteiger partial charge in [0.1, 0.15) is 5.60 Å². The normalized spacial score (nSPS) is 12.2. The van der Waals surface area contributed by atoms with Gasteiger partial charge in [0.15, 0.2) is 0 Å². The summed E-state index contributed by atoms with van der Waals surface area (Å²) in [6.45, 7) is 9.30. The molecule has 3 N–H and O–H groups in total. The summed E-state index contributed by atoms with van der Waals surface area (Å²) in [5, 5.41) is 3.35. The fourth-order valence-corrected chi connectivity index (χ4v) is 1.93. The van der Waals surface area contributed by atoms with Gasteiger partial charge >= 0.3 is 6.09 Å². The lowest BCUT2D eigenvalue weighted by Crippen LogP contribution is -2.35. The van der Waals surface area contributed by atoms with Crippen molar-refractivity contribution in [3.63, 3.8) is 0 Å². The number of carbonyl (C=O) groups is 1. The van der Waals surface area contributed by atoms with Crippen molar-refractivity contribution in [2.24, 2.45) is 5.73 Å². The molecule has 4 nitrogen and oxygen atoms in total. The van der Waals surface area contributed by atoms with Crippen LogP contribution < -0.4 is 11.1 Å². The molecule has 0 bridgehead atoms. The van der Waals surface area contributed by atoms with Crippen LogP contribution in [0.2, 0.25) is 5.02 Å². The van der Waals surface area contributed by atoms with Crippen molar-refractivity contribution < 1.29 is 9.53 Å². The molecule has 1 aromatic carbocycles. The van der Waals surface area contributed by atoms with Crippen LogP contribution in [0.15, 0.2) is 18.2 Å². The van der Waals surface area contributed by atoms with Gasteiger partial charge in [-0.15, -0.1) is 0 Å². The molecule has 0 fully saturated rings. The number of anilines is 1. The summed E-state index contributed by atoms with van der Waals surface area (Å²) in [5.74, 6) is 0. The molecule has 0 spiro atoms. The largest absolute Gasteiger partial charge is 0.444 e. The number of hydrogen-bond acceptors (Lipinski definition) is 3. The van der Waals surface area contributed by atoms with E-state index in [0.717, 1.165) is 5.56 Å². The number of nitrogens with two attached hydrogens (primary N) is 1. The van der Waals surface area contributed by atoms with Crippen LogP contribution in [-0.2, 0) is 11.2 Å². The summed E-state index contributed by atoms with van der Waals surface area (Å²) >= 11 is 6.00. The highest BCUT2D eigenvalue weighted by atomic mass is 35.5. The molecular weight excluding hydrogens is 276 g/mol. The zero-order valence-electron chi connectivity index (χ0n) is 12.7. The summed E-state index contributed by atoms with van der Waals surface area (Å²) < 4.78 is 5.24. The molecule has 0 heterocycles. The van der Waals surface area contributed by atoms with Crippen molar-refractivity contribution in [3.05, 3.63) is 28.8 Å². The molecule has 0 aliphatic carbocycles. The Labute approximate surface area is 125 Å². The molecule has 0 aliphatic heterocycles. The van der Waals surface area contributed by atoms with Crippen LogP contribution in [0.3, 0.4) is 0 Å². The van der Waals surface area contributed by atoms with Gasteiger partial charge in [0.25, 0.3) is 0 Å². The number of hydrogen-bond donors (Lipinski definition) is 2. The average molecular weight is 299 g/mol. The number of carbonyl (C=O) groups excluding carboxylic acids is 1. The van der Waals surface area contributed by atoms with Crippen molar-refractivity contribution in [2.75, 3.05) is 5.32 Å². The SMILES string of the molecule is CC(C)(N)Cc1cc(Cl)ccc1NC(=O)OC(C)(C)C. The van der Waals surface area contributed by atoms with Gasteiger partial charge in [-0.05, 0) is 64.8 Å². The van der Waals surface area contributed by atoms with E-state index in [-0.39, 0.29) is 0 Å². The third-order valence-electron chi connectivity index (χ3n) is 2.35. The Morgan fingerprint density at radius 1 is 1.30 bits per heavy atom. The second kappa shape index (κ2) is 6.02. The summed E-state index contributed by atoms with van der Waals surface area (Å²) in [4.78, 5) is 11.8. The second-order valence-electron chi connectivity index (χ2n) is 6.59. The zero-order chi connectivity index (χ0) is 15.6. The predicted octanol–water partition coefficient (Wildman–Crippen LogP) is 3.97. The maximum atomic E-state index is 11.8. The van der Waals surface area contributed by atoms with E-state index in [1.54, 1.807) is 12.1 Å². The molecule has 0 atom stereocenters. The summed E-state index contributed by atoms with van der Waals surface area (Å²) in [6, 6.07) is 5.29.